The van der Waals surface area contributed by atoms with Crippen LogP contribution in [0.15, 0.2) is 48.8 Å². The topological polar surface area (TPSA) is 60.3 Å². The highest BCUT2D eigenvalue weighted by Gasteiger charge is 2.14. The van der Waals surface area contributed by atoms with Crippen molar-refractivity contribution < 1.29 is 13.9 Å². The number of hydrogen-bond acceptors (Lipinski definition) is 4. The van der Waals surface area contributed by atoms with Crippen LogP contribution in [0.5, 0.6) is 11.5 Å². The van der Waals surface area contributed by atoms with Gasteiger partial charge < -0.3 is 20.1 Å². The number of rotatable bonds is 4. The zero-order valence-corrected chi connectivity index (χ0v) is 15.5. The summed E-state index contributed by atoms with van der Waals surface area (Å²) >= 11 is 11.4. The molecule has 0 unspecified atom stereocenters. The van der Waals surface area contributed by atoms with Gasteiger partial charge in [-0.15, -0.1) is 0 Å². The summed E-state index contributed by atoms with van der Waals surface area (Å²) in [5, 5.41) is 11.0. The van der Waals surface area contributed by atoms with E-state index in [2.05, 4.69) is 15.7 Å². The van der Waals surface area contributed by atoms with Crippen molar-refractivity contribution in [2.24, 2.45) is 0 Å². The Morgan fingerprint density at radius 3 is 2.85 bits per heavy atom. The van der Waals surface area contributed by atoms with Crippen molar-refractivity contribution in [2.45, 2.75) is 6.54 Å². The Morgan fingerprint density at radius 2 is 2.00 bits per heavy atom. The zero-order chi connectivity index (χ0) is 18.8. The molecule has 1 aromatic heterocycles. The quantitative estimate of drug-likeness (QED) is 0.633. The van der Waals surface area contributed by atoms with Crippen molar-refractivity contribution in [1.29, 1.82) is 0 Å². The molecule has 0 saturated carbocycles. The molecule has 0 radical (unpaired) electrons. The Morgan fingerprint density at radius 1 is 1.19 bits per heavy atom. The van der Waals surface area contributed by atoms with E-state index in [9.17, 15) is 4.39 Å². The molecule has 2 heterocycles. The van der Waals surface area contributed by atoms with Gasteiger partial charge in [-0.05, 0) is 36.5 Å². The second kappa shape index (κ2) is 7.42. The Kier molecular flexibility index (Phi) is 4.83. The van der Waals surface area contributed by atoms with Gasteiger partial charge >= 0.3 is 0 Å². The molecule has 6 nitrogen and oxygen atoms in total. The van der Waals surface area contributed by atoms with Gasteiger partial charge in [0.15, 0.2) is 16.6 Å². The van der Waals surface area contributed by atoms with Gasteiger partial charge in [0.25, 0.3) is 0 Å². The normalized spacial score (nSPS) is 12.1. The fourth-order valence-electron chi connectivity index (χ4n) is 2.63. The van der Waals surface area contributed by atoms with E-state index >= 15 is 0 Å². The molecule has 1 aliphatic heterocycles. The van der Waals surface area contributed by atoms with Crippen molar-refractivity contribution in [1.82, 2.24) is 9.78 Å². The molecule has 0 fully saturated rings. The van der Waals surface area contributed by atoms with E-state index in [0.717, 1.165) is 5.69 Å². The monoisotopic (exact) mass is 404 g/mol. The molecular weight excluding hydrogens is 391 g/mol. The summed E-state index contributed by atoms with van der Waals surface area (Å²) in [6.45, 7) is 0.433. The van der Waals surface area contributed by atoms with Crippen LogP contribution >= 0.6 is 23.8 Å². The zero-order valence-electron chi connectivity index (χ0n) is 13.9. The van der Waals surface area contributed by atoms with Gasteiger partial charge in [0.2, 0.25) is 6.79 Å². The van der Waals surface area contributed by atoms with Crippen LogP contribution in [0.25, 0.3) is 0 Å². The third-order valence-electron chi connectivity index (χ3n) is 3.90. The van der Waals surface area contributed by atoms with Crippen LogP contribution in [0.3, 0.4) is 0 Å². The van der Waals surface area contributed by atoms with E-state index in [-0.39, 0.29) is 19.2 Å². The number of fused-ring (bicyclic) bond motifs is 1. The van der Waals surface area contributed by atoms with Crippen molar-refractivity contribution in [3.8, 4) is 11.5 Å². The molecule has 0 spiro atoms. The first kappa shape index (κ1) is 17.6. The Labute approximate surface area is 164 Å². The minimum absolute atomic E-state index is 0.215. The molecule has 0 aliphatic carbocycles. The van der Waals surface area contributed by atoms with Crippen LogP contribution in [0.1, 0.15) is 5.56 Å². The van der Waals surface area contributed by atoms with Gasteiger partial charge in [0.1, 0.15) is 5.82 Å². The third kappa shape index (κ3) is 3.96. The number of benzene rings is 2. The standard InChI is InChI=1S/C18H14ClFN4O2S/c19-14-2-1-3-15(20)13(14)9-24-8-12(7-21-24)23-18(27)22-11-4-5-16-17(6-11)26-10-25-16/h1-8H,9-10H2,(H2,22,23,27). The molecule has 0 atom stereocenters. The first-order valence-corrected chi connectivity index (χ1v) is 8.80. The predicted octanol–water partition coefficient (Wildman–Crippen LogP) is 4.26. The summed E-state index contributed by atoms with van der Waals surface area (Å²) in [6.07, 6.45) is 3.32. The largest absolute Gasteiger partial charge is 0.454 e. The van der Waals surface area contributed by atoms with Crippen molar-refractivity contribution in [2.75, 3.05) is 17.4 Å². The van der Waals surface area contributed by atoms with Crippen LogP contribution in [0.2, 0.25) is 5.02 Å². The number of ether oxygens (including phenoxy) is 2. The number of hydrogen-bond donors (Lipinski definition) is 2. The lowest BCUT2D eigenvalue weighted by Crippen LogP contribution is -2.18. The number of aromatic nitrogens is 2. The second-order valence-electron chi connectivity index (χ2n) is 5.77. The molecule has 0 amide bonds. The molecule has 3 aromatic rings. The smallest absolute Gasteiger partial charge is 0.231 e. The van der Waals surface area contributed by atoms with Crippen LogP contribution in [-0.2, 0) is 6.54 Å². The highest BCUT2D eigenvalue weighted by Crippen LogP contribution is 2.34. The SMILES string of the molecule is Fc1cccc(Cl)c1Cn1cc(NC(=S)Nc2ccc3c(c2)OCO3)cn1. The fourth-order valence-corrected chi connectivity index (χ4v) is 3.09. The second-order valence-corrected chi connectivity index (χ2v) is 6.59. The maximum absolute atomic E-state index is 13.9. The van der Waals surface area contributed by atoms with Crippen LogP contribution < -0.4 is 20.1 Å². The van der Waals surface area contributed by atoms with Crippen LogP contribution in [0.4, 0.5) is 15.8 Å². The number of thiocarbonyl (C=S) groups is 1. The highest BCUT2D eigenvalue weighted by atomic mass is 35.5. The van der Waals surface area contributed by atoms with Crippen LogP contribution in [0, 0.1) is 5.82 Å². The maximum Gasteiger partial charge on any atom is 0.231 e. The maximum atomic E-state index is 13.9. The summed E-state index contributed by atoms with van der Waals surface area (Å²) in [7, 11) is 0. The molecule has 27 heavy (non-hydrogen) atoms. The molecule has 0 saturated heterocycles. The van der Waals surface area contributed by atoms with E-state index in [1.54, 1.807) is 35.3 Å². The Balaban J connectivity index is 1.39. The van der Waals surface area contributed by atoms with Crippen molar-refractivity contribution in [3.05, 3.63) is 65.2 Å². The first-order valence-electron chi connectivity index (χ1n) is 8.01. The summed E-state index contributed by atoms with van der Waals surface area (Å²) in [5.74, 6) is 0.998. The summed E-state index contributed by atoms with van der Waals surface area (Å²) in [5.41, 5.74) is 1.82. The van der Waals surface area contributed by atoms with Gasteiger partial charge in [-0.25, -0.2) is 4.39 Å². The summed E-state index contributed by atoms with van der Waals surface area (Å²) in [6, 6.07) is 10.0. The van der Waals surface area contributed by atoms with Crippen molar-refractivity contribution in [3.63, 3.8) is 0 Å². The lowest BCUT2D eigenvalue weighted by atomic mass is 10.2. The third-order valence-corrected chi connectivity index (χ3v) is 4.46. The van der Waals surface area contributed by atoms with Gasteiger partial charge in [0.05, 0.1) is 18.4 Å². The Hall–Kier alpha value is -2.84. The molecule has 1 aliphatic rings. The molecule has 138 valence electrons. The van der Waals surface area contributed by atoms with E-state index in [0.29, 0.717) is 32.9 Å². The summed E-state index contributed by atoms with van der Waals surface area (Å²) < 4.78 is 26.1. The van der Waals surface area contributed by atoms with Gasteiger partial charge in [-0.1, -0.05) is 17.7 Å². The number of nitrogens with one attached hydrogen (secondary N) is 2. The van der Waals surface area contributed by atoms with Gasteiger partial charge in [-0.2, -0.15) is 5.10 Å². The average Bonchev–Trinajstić information content (AvgIpc) is 3.27. The number of anilines is 2. The summed E-state index contributed by atoms with van der Waals surface area (Å²) in [4.78, 5) is 0. The minimum Gasteiger partial charge on any atom is -0.454 e. The van der Waals surface area contributed by atoms with Crippen molar-refractivity contribution >= 4 is 40.3 Å². The average molecular weight is 405 g/mol. The number of nitrogens with zero attached hydrogens (tertiary/aromatic N) is 2. The molecule has 0 bridgehead atoms. The molecule has 2 N–H and O–H groups in total. The van der Waals surface area contributed by atoms with E-state index < -0.39 is 0 Å². The lowest BCUT2D eigenvalue weighted by Gasteiger charge is -2.09. The molecular formula is C18H14ClFN4O2S. The lowest BCUT2D eigenvalue weighted by molar-refractivity contribution is 0.174. The van der Waals surface area contributed by atoms with Gasteiger partial charge in [0, 0.05) is 28.5 Å². The van der Waals surface area contributed by atoms with E-state index in [1.165, 1.54) is 6.07 Å². The van der Waals surface area contributed by atoms with Gasteiger partial charge in [-0.3, -0.25) is 4.68 Å². The van der Waals surface area contributed by atoms with E-state index in [4.69, 9.17) is 33.3 Å². The minimum atomic E-state index is -0.368. The predicted molar refractivity (Wildman–Crippen MR) is 105 cm³/mol. The molecule has 9 heteroatoms. The Bertz CT molecular complexity index is 991. The first-order chi connectivity index (χ1) is 13.1. The number of halogens is 2. The van der Waals surface area contributed by atoms with Crippen LogP contribution in [-0.4, -0.2) is 21.7 Å². The molecule has 4 rings (SSSR count). The molecule has 2 aromatic carbocycles. The highest BCUT2D eigenvalue weighted by molar-refractivity contribution is 7.80. The van der Waals surface area contributed by atoms with E-state index in [1.807, 2.05) is 12.1 Å². The fraction of sp³-hybridized carbons (Fsp3) is 0.111.